The molecule has 15 nitrogen and oxygen atoms in total. The summed E-state index contributed by atoms with van der Waals surface area (Å²) in [5.74, 6) is -4.02. The summed E-state index contributed by atoms with van der Waals surface area (Å²) in [5.41, 5.74) is 31.0. The van der Waals surface area contributed by atoms with E-state index >= 15 is 0 Å². The van der Waals surface area contributed by atoms with Gasteiger partial charge in [-0.1, -0.05) is 137 Å². The van der Waals surface area contributed by atoms with E-state index in [-0.39, 0.29) is 16.5 Å². The maximum absolute atomic E-state index is 8.64. The van der Waals surface area contributed by atoms with Gasteiger partial charge in [-0.3, -0.25) is 0 Å². The van der Waals surface area contributed by atoms with Crippen LogP contribution in [0.2, 0.25) is 0 Å². The van der Waals surface area contributed by atoms with Crippen LogP contribution in [0.5, 0.6) is 0 Å². The van der Waals surface area contributed by atoms with Crippen LogP contribution in [0.15, 0.2) is 229 Å². The van der Waals surface area contributed by atoms with Crippen molar-refractivity contribution in [3.05, 3.63) is 297 Å². The van der Waals surface area contributed by atoms with Crippen LogP contribution in [0.25, 0.3) is 167 Å². The zero-order valence-electron chi connectivity index (χ0n) is 89.9. The maximum Gasteiger partial charge on any atom is 0.227 e. The molecule has 5 aromatic carbocycles. The normalized spacial score (nSPS) is 14.5. The van der Waals surface area contributed by atoms with E-state index in [9.17, 15) is 0 Å². The van der Waals surface area contributed by atoms with Crippen LogP contribution in [-0.4, -0.2) is 24.9 Å². The molecule has 15 heteroatoms. The molecule has 128 heavy (non-hydrogen) atoms. The van der Waals surface area contributed by atoms with Gasteiger partial charge in [-0.2, -0.15) is 0 Å². The Balaban J connectivity index is 0.000000127. The minimum Gasteiger partial charge on any atom is -0.437 e. The van der Waals surface area contributed by atoms with Crippen molar-refractivity contribution in [1.29, 1.82) is 0 Å². The summed E-state index contributed by atoms with van der Waals surface area (Å²) in [6, 6.07) is 59.1. The molecule has 0 aliphatic rings. The topological polar surface area (TPSA) is 150 Å². The molecule has 0 spiro atoms. The third kappa shape index (κ3) is 17.2. The smallest absolute Gasteiger partial charge is 0.227 e. The molecule has 20 rings (SSSR count). The van der Waals surface area contributed by atoms with Gasteiger partial charge in [0.15, 0.2) is 58.9 Å². The first-order valence-electron chi connectivity index (χ1n) is 49.6. The second-order valence-corrected chi connectivity index (χ2v) is 36.3. The number of nitrogens with zero attached hydrogens (tertiary/aromatic N) is 10. The van der Waals surface area contributed by atoms with Gasteiger partial charge in [0.05, 0.1) is 27.8 Å². The number of hydrogen-bond acceptors (Lipinski definition) is 10. The van der Waals surface area contributed by atoms with Gasteiger partial charge < -0.3 is 22.1 Å². The van der Waals surface area contributed by atoms with Gasteiger partial charge >= 0.3 is 0 Å². The van der Waals surface area contributed by atoms with Crippen molar-refractivity contribution >= 4 is 110 Å². The van der Waals surface area contributed by atoms with E-state index in [1.54, 1.807) is 29.9 Å². The number of aryl methyl sites for hydroxylation is 16. The molecule has 15 heterocycles. The summed E-state index contributed by atoms with van der Waals surface area (Å²) < 4.78 is 137. The highest BCUT2D eigenvalue weighted by Crippen LogP contribution is 2.44. The lowest BCUT2D eigenvalue weighted by Crippen LogP contribution is -2.32. The molecule has 0 aliphatic carbocycles. The Morgan fingerprint density at radius 2 is 0.578 bits per heavy atom. The van der Waals surface area contributed by atoms with Crippen molar-refractivity contribution in [2.75, 3.05) is 0 Å². The third-order valence-corrected chi connectivity index (χ3v) is 24.3. The Labute approximate surface area is 768 Å². The maximum atomic E-state index is 8.64. The van der Waals surface area contributed by atoms with E-state index in [0.717, 1.165) is 161 Å². The van der Waals surface area contributed by atoms with Gasteiger partial charge in [0.1, 0.15) is 35.2 Å². The summed E-state index contributed by atoms with van der Waals surface area (Å²) in [6.45, 7) is 30.1. The zero-order chi connectivity index (χ0) is 101. The zero-order valence-corrected chi connectivity index (χ0v) is 77.9. The lowest BCUT2D eigenvalue weighted by Gasteiger charge is -2.18. The Morgan fingerprint density at radius 3 is 0.867 bits per heavy atom. The molecule has 20 aromatic rings. The highest BCUT2D eigenvalue weighted by molar-refractivity contribution is 6.13. The van der Waals surface area contributed by atoms with E-state index in [1.807, 2.05) is 160 Å². The minimum atomic E-state index is -2.73. The number of aromatic nitrogens is 10. The first-order chi connectivity index (χ1) is 65.6. The molecule has 0 saturated heterocycles. The van der Waals surface area contributed by atoms with E-state index in [0.29, 0.717) is 62.5 Å². The first-order valence-corrected chi connectivity index (χ1v) is 43.6. The van der Waals surface area contributed by atoms with Gasteiger partial charge in [0.25, 0.3) is 0 Å². The average molecular weight is 1710 g/mol. The molecule has 0 N–H and O–H groups in total. The van der Waals surface area contributed by atoms with E-state index in [4.69, 9.17) is 38.5 Å². The summed E-state index contributed by atoms with van der Waals surface area (Å²) >= 11 is 0. The Bertz CT molecular complexity index is 8320. The van der Waals surface area contributed by atoms with Crippen LogP contribution >= 0.6 is 0 Å². The Hall–Kier alpha value is -13.4. The van der Waals surface area contributed by atoms with Crippen LogP contribution < -0.4 is 22.8 Å². The standard InChI is InChI=1S/C24H27N2O.C23H25N2O.3C22H23N2O/c1-15-7-9-18-19-10-8-16(2)25-23(19)27-22(18)21(15)20-13-17(11-12-26(20)6)14-24(3,4)5;1-13(2)19-11-20(25(6)12-15(19)4)21-14(3)7-9-17-18-10-8-16(5)24-23(18)26-22(17)21;3*1-13(2)16-10-11-24(5)19(12-16)20-14(3)6-8-17-18-9-7-15(4)23-22(18)25-21(17)20/h7-13H,14H2,1-6H3;7-13H,1-6H3;3*6-13H,1-5H3/q5*+1/i;1D3,4D3,13D;1D3,13D;13D;. The predicted molar refractivity (Wildman–Crippen MR) is 522 cm³/mol. The summed E-state index contributed by atoms with van der Waals surface area (Å²) in [7, 11) is 9.81. The molecule has 648 valence electrons. The lowest BCUT2D eigenvalue weighted by molar-refractivity contribution is -0.660. The highest BCUT2D eigenvalue weighted by Gasteiger charge is 2.30. The Morgan fingerprint density at radius 1 is 0.305 bits per heavy atom. The van der Waals surface area contributed by atoms with Crippen LogP contribution in [0.1, 0.15) is 206 Å². The van der Waals surface area contributed by atoms with Crippen molar-refractivity contribution in [3.63, 3.8) is 0 Å². The molecular formula is C113H121N10O5+5. The van der Waals surface area contributed by atoms with Gasteiger partial charge in [0, 0.05) is 159 Å². The minimum absolute atomic E-state index is 0.0583. The van der Waals surface area contributed by atoms with Gasteiger partial charge in [-0.25, -0.2) is 47.8 Å². The van der Waals surface area contributed by atoms with E-state index < -0.39 is 38.2 Å². The van der Waals surface area contributed by atoms with Gasteiger partial charge in [-0.15, -0.1) is 0 Å². The molecule has 0 saturated carbocycles. The van der Waals surface area contributed by atoms with Gasteiger partial charge in [0.2, 0.25) is 57.0 Å². The van der Waals surface area contributed by atoms with Crippen LogP contribution in [0, 0.1) is 81.5 Å². The van der Waals surface area contributed by atoms with Crippen LogP contribution in [-0.2, 0) is 41.7 Å². The molecule has 15 aromatic heterocycles. The number of rotatable bonds is 10. The quantitative estimate of drug-likeness (QED) is 0.121. The number of hydrogen-bond donors (Lipinski definition) is 0. The molecule has 0 aliphatic heterocycles. The molecule has 0 radical (unpaired) electrons. The van der Waals surface area contributed by atoms with Crippen molar-refractivity contribution in [3.8, 4) is 56.3 Å². The van der Waals surface area contributed by atoms with Crippen molar-refractivity contribution in [2.45, 2.75) is 182 Å². The monoisotopic (exact) mass is 1710 g/mol. The van der Waals surface area contributed by atoms with Crippen molar-refractivity contribution in [1.82, 2.24) is 24.9 Å². The Kier molecular flexibility index (Phi) is 20.2. The van der Waals surface area contributed by atoms with E-state index in [2.05, 4.69) is 205 Å². The number of pyridine rings is 10. The molecular weight excluding hydrogens is 1580 g/mol. The summed E-state index contributed by atoms with van der Waals surface area (Å²) in [4.78, 5) is 22.7. The largest absolute Gasteiger partial charge is 0.437 e. The average Bonchev–Trinajstić information content (AvgIpc) is 1.52. The number of furan rings is 5. The fraction of sp³-hybridized carbons (Fsp3) is 0.292. The SMILES string of the molecule is Cc1ccc2c(n1)oc1c(-c3cc(C(C)C)cc[n+]3C)c(C)ccc12.Cc1ccc2c(n1)oc1c(-c3cc(CC(C)(C)C)cc[n+]3C)c(C)ccc12.[2H]C(C)(C)c1cc[n+](C)c(-c2c(C)ccc3c2oc2nc(C)ccc23)c1.[2H]C([2H])([2H])C([2H])(C)c1cc[n+](C)c(-c2c(C)ccc3c2oc2nc(C)ccc23)c1.[2H]C([2H])([2H])c1c[n+](C)c(-c2c(C)ccc3c2oc2nc(C)ccc23)cc1C([2H])(C)C([2H])([2H])[2H]. The highest BCUT2D eigenvalue weighted by atomic mass is 16.4. The van der Waals surface area contributed by atoms with E-state index in [1.165, 1.54) is 59.8 Å². The number of fused-ring (bicyclic) bond motifs is 15. The summed E-state index contributed by atoms with van der Waals surface area (Å²) in [5, 5.41) is 10.1. The molecule has 0 fully saturated rings. The lowest BCUT2D eigenvalue weighted by atomic mass is 9.88. The fourth-order valence-electron chi connectivity index (χ4n) is 17.3. The summed E-state index contributed by atoms with van der Waals surface area (Å²) in [6.07, 6.45) is 10.5. The van der Waals surface area contributed by atoms with Gasteiger partial charge in [-0.05, 0) is 228 Å². The van der Waals surface area contributed by atoms with Crippen LogP contribution in [0.4, 0.5) is 0 Å². The number of benzene rings is 5. The molecule has 2 unspecified atom stereocenters. The molecule has 0 amide bonds. The van der Waals surface area contributed by atoms with Crippen molar-refractivity contribution < 1.29 is 61.4 Å². The third-order valence-electron chi connectivity index (χ3n) is 24.3. The first kappa shape index (κ1) is 73.8. The molecule has 2 atom stereocenters. The second kappa shape index (κ2) is 35.1. The van der Waals surface area contributed by atoms with Crippen LogP contribution in [0.3, 0.4) is 0 Å². The molecule has 0 bridgehead atoms. The predicted octanol–water partition coefficient (Wildman–Crippen LogP) is 26.8. The van der Waals surface area contributed by atoms with Crippen molar-refractivity contribution in [2.24, 2.45) is 40.7 Å². The second-order valence-electron chi connectivity index (χ2n) is 36.3. The fourth-order valence-corrected chi connectivity index (χ4v) is 17.3.